The van der Waals surface area contributed by atoms with Gasteiger partial charge in [0.2, 0.25) is 0 Å². The van der Waals surface area contributed by atoms with Gasteiger partial charge < -0.3 is 15.0 Å². The van der Waals surface area contributed by atoms with Gasteiger partial charge in [0.15, 0.2) is 5.96 Å². The summed E-state index contributed by atoms with van der Waals surface area (Å²) in [4.78, 5) is 7.05. The van der Waals surface area contributed by atoms with E-state index in [0.29, 0.717) is 11.5 Å². The molecule has 4 nitrogen and oxygen atoms in total. The summed E-state index contributed by atoms with van der Waals surface area (Å²) in [5.41, 5.74) is 0.421. The molecule has 132 valence electrons. The number of rotatable bonds is 2. The lowest BCUT2D eigenvalue weighted by Gasteiger charge is -2.26. The summed E-state index contributed by atoms with van der Waals surface area (Å²) in [6, 6.07) is 0.693. The lowest BCUT2D eigenvalue weighted by Crippen LogP contribution is -2.43. The van der Waals surface area contributed by atoms with Crippen molar-refractivity contribution in [1.29, 1.82) is 0 Å². The van der Waals surface area contributed by atoms with Crippen LogP contribution in [0.4, 0.5) is 0 Å². The van der Waals surface area contributed by atoms with E-state index >= 15 is 0 Å². The molecular weight excluding hydrogens is 401 g/mol. The molecule has 0 amide bonds. The van der Waals surface area contributed by atoms with Gasteiger partial charge in [-0.1, -0.05) is 32.1 Å². The molecular formula is C18H32IN3O. The van der Waals surface area contributed by atoms with E-state index in [2.05, 4.69) is 15.2 Å². The number of aliphatic imine (C=N–C) groups is 1. The molecule has 2 saturated carbocycles. The average Bonchev–Trinajstić information content (AvgIpc) is 2.98. The fraction of sp³-hybridized carbons (Fsp3) is 0.944. The normalized spacial score (nSPS) is 38.0. The molecule has 1 N–H and O–H groups in total. The molecule has 0 bridgehead atoms. The number of guanidine groups is 1. The van der Waals surface area contributed by atoms with Crippen LogP contribution in [0.15, 0.2) is 4.99 Å². The second kappa shape index (κ2) is 7.46. The number of likely N-dealkylation sites (tertiary alicyclic amines) is 1. The van der Waals surface area contributed by atoms with E-state index < -0.39 is 0 Å². The van der Waals surface area contributed by atoms with Crippen LogP contribution in [0, 0.1) is 17.3 Å². The third-order valence-corrected chi connectivity index (χ3v) is 6.54. The molecule has 2 heterocycles. The molecule has 0 aromatic rings. The first-order chi connectivity index (χ1) is 10.8. The minimum absolute atomic E-state index is 0. The minimum Gasteiger partial charge on any atom is -0.381 e. The van der Waals surface area contributed by atoms with Crippen LogP contribution >= 0.6 is 24.0 Å². The zero-order chi connectivity index (χ0) is 15.0. The molecule has 4 aliphatic rings. The molecule has 0 radical (unpaired) electrons. The first-order valence-electron chi connectivity index (χ1n) is 9.36. The Labute approximate surface area is 157 Å². The maximum absolute atomic E-state index is 5.65. The molecule has 2 aliphatic heterocycles. The van der Waals surface area contributed by atoms with Gasteiger partial charge >= 0.3 is 0 Å². The Morgan fingerprint density at radius 1 is 1.22 bits per heavy atom. The average molecular weight is 433 g/mol. The molecule has 4 fully saturated rings. The number of nitrogens with one attached hydrogen (secondary N) is 1. The van der Waals surface area contributed by atoms with Gasteiger partial charge in [-0.05, 0) is 31.1 Å². The van der Waals surface area contributed by atoms with Gasteiger partial charge in [0.1, 0.15) is 0 Å². The Hall–Kier alpha value is -0.0400. The van der Waals surface area contributed by atoms with E-state index in [1.165, 1.54) is 51.4 Å². The van der Waals surface area contributed by atoms with E-state index in [-0.39, 0.29) is 24.0 Å². The minimum atomic E-state index is 0. The number of ether oxygens (including phenoxy) is 1. The van der Waals surface area contributed by atoms with E-state index in [9.17, 15) is 0 Å². The summed E-state index contributed by atoms with van der Waals surface area (Å²) < 4.78 is 5.65. The monoisotopic (exact) mass is 433 g/mol. The predicted octanol–water partition coefficient (Wildman–Crippen LogP) is 3.26. The zero-order valence-electron chi connectivity index (χ0n) is 14.4. The second-order valence-corrected chi connectivity index (χ2v) is 8.07. The van der Waals surface area contributed by atoms with Crippen molar-refractivity contribution in [3.05, 3.63) is 0 Å². The standard InChI is InChI=1S/C18H31N3O.HI/c1-19-17(21-9-7-18(12-21)8-10-22-13-18)20-16-11-15(16)14-5-3-2-4-6-14;/h14-16H,2-13H2,1H3,(H,19,20);1H. The largest absolute Gasteiger partial charge is 0.381 e. The SMILES string of the molecule is CN=C(NC1CC1C1CCCCC1)N1CCC2(CCOC2)C1.I. The molecule has 23 heavy (non-hydrogen) atoms. The predicted molar refractivity (Wildman–Crippen MR) is 104 cm³/mol. The maximum Gasteiger partial charge on any atom is 0.193 e. The van der Waals surface area contributed by atoms with Gasteiger partial charge in [0, 0.05) is 38.2 Å². The third-order valence-electron chi connectivity index (χ3n) is 6.54. The highest BCUT2D eigenvalue weighted by atomic mass is 127. The fourth-order valence-electron chi connectivity index (χ4n) is 5.01. The number of nitrogens with zero attached hydrogens (tertiary/aromatic N) is 2. The van der Waals surface area contributed by atoms with Gasteiger partial charge in [-0.3, -0.25) is 4.99 Å². The summed E-state index contributed by atoms with van der Waals surface area (Å²) in [6.07, 6.45) is 11.2. The quantitative estimate of drug-likeness (QED) is 0.413. The van der Waals surface area contributed by atoms with Gasteiger partial charge in [0.25, 0.3) is 0 Å². The van der Waals surface area contributed by atoms with Gasteiger partial charge in [-0.2, -0.15) is 0 Å². The molecule has 0 aromatic carbocycles. The van der Waals surface area contributed by atoms with Crippen LogP contribution < -0.4 is 5.32 Å². The van der Waals surface area contributed by atoms with Crippen molar-refractivity contribution < 1.29 is 4.74 Å². The van der Waals surface area contributed by atoms with Crippen molar-refractivity contribution >= 4 is 29.9 Å². The molecule has 2 aliphatic carbocycles. The van der Waals surface area contributed by atoms with Crippen molar-refractivity contribution in [2.24, 2.45) is 22.2 Å². The number of hydrogen-bond donors (Lipinski definition) is 1. The van der Waals surface area contributed by atoms with Crippen molar-refractivity contribution in [3.8, 4) is 0 Å². The molecule has 4 rings (SSSR count). The van der Waals surface area contributed by atoms with Crippen LogP contribution in [0.3, 0.4) is 0 Å². The van der Waals surface area contributed by atoms with E-state index in [4.69, 9.17) is 4.74 Å². The Kier molecular flexibility index (Phi) is 5.76. The van der Waals surface area contributed by atoms with Crippen LogP contribution in [-0.4, -0.2) is 50.3 Å². The van der Waals surface area contributed by atoms with Crippen LogP contribution in [-0.2, 0) is 4.74 Å². The van der Waals surface area contributed by atoms with Crippen molar-refractivity contribution in [1.82, 2.24) is 10.2 Å². The van der Waals surface area contributed by atoms with Crippen LogP contribution in [0.1, 0.15) is 51.4 Å². The lowest BCUT2D eigenvalue weighted by molar-refractivity contribution is 0.156. The van der Waals surface area contributed by atoms with E-state index in [1.807, 2.05) is 7.05 Å². The molecule has 3 unspecified atom stereocenters. The summed E-state index contributed by atoms with van der Waals surface area (Å²) in [6.45, 7) is 4.18. The fourth-order valence-corrected chi connectivity index (χ4v) is 5.01. The topological polar surface area (TPSA) is 36.9 Å². The molecule has 0 aromatic heterocycles. The summed E-state index contributed by atoms with van der Waals surface area (Å²) in [5.74, 6) is 3.05. The first kappa shape index (κ1) is 17.8. The first-order valence-corrected chi connectivity index (χ1v) is 9.36. The van der Waals surface area contributed by atoms with E-state index in [0.717, 1.165) is 44.1 Å². The highest BCUT2D eigenvalue weighted by Gasteiger charge is 2.46. The van der Waals surface area contributed by atoms with Crippen LogP contribution in [0.25, 0.3) is 0 Å². The lowest BCUT2D eigenvalue weighted by atomic mass is 9.85. The molecule has 3 atom stereocenters. The maximum atomic E-state index is 5.65. The van der Waals surface area contributed by atoms with E-state index in [1.54, 1.807) is 0 Å². The number of hydrogen-bond acceptors (Lipinski definition) is 2. The highest BCUT2D eigenvalue weighted by molar-refractivity contribution is 14.0. The van der Waals surface area contributed by atoms with Gasteiger partial charge in [-0.15, -0.1) is 24.0 Å². The highest BCUT2D eigenvalue weighted by Crippen LogP contribution is 2.44. The summed E-state index contributed by atoms with van der Waals surface area (Å²) in [5, 5.41) is 3.77. The second-order valence-electron chi connectivity index (χ2n) is 8.07. The summed E-state index contributed by atoms with van der Waals surface area (Å²) >= 11 is 0. The van der Waals surface area contributed by atoms with Gasteiger partial charge in [0.05, 0.1) is 6.61 Å². The summed E-state index contributed by atoms with van der Waals surface area (Å²) in [7, 11) is 1.94. The van der Waals surface area contributed by atoms with Crippen LogP contribution in [0.5, 0.6) is 0 Å². The Balaban J connectivity index is 0.00000156. The third kappa shape index (κ3) is 3.80. The Morgan fingerprint density at radius 2 is 2.04 bits per heavy atom. The number of halogens is 1. The van der Waals surface area contributed by atoms with Crippen molar-refractivity contribution in [2.45, 2.75) is 57.4 Å². The molecule has 2 saturated heterocycles. The Morgan fingerprint density at radius 3 is 2.74 bits per heavy atom. The smallest absolute Gasteiger partial charge is 0.193 e. The van der Waals surface area contributed by atoms with Crippen LogP contribution in [0.2, 0.25) is 0 Å². The molecule has 1 spiro atoms. The van der Waals surface area contributed by atoms with Crippen molar-refractivity contribution in [3.63, 3.8) is 0 Å². The zero-order valence-corrected chi connectivity index (χ0v) is 16.8. The Bertz CT molecular complexity index is 430. The van der Waals surface area contributed by atoms with Gasteiger partial charge in [-0.25, -0.2) is 0 Å². The molecule has 5 heteroatoms. The van der Waals surface area contributed by atoms with Crippen molar-refractivity contribution in [2.75, 3.05) is 33.4 Å².